The van der Waals surface area contributed by atoms with Crippen LogP contribution in [-0.2, 0) is 14.6 Å². The van der Waals surface area contributed by atoms with Crippen LogP contribution in [0.1, 0.15) is 58.4 Å². The van der Waals surface area contributed by atoms with Crippen LogP contribution in [0.25, 0.3) is 0 Å². The minimum Gasteiger partial charge on any atom is -0.307 e. The van der Waals surface area contributed by atoms with Gasteiger partial charge in [-0.25, -0.2) is 12.8 Å². The molecule has 0 atom stereocenters. The smallest absolute Gasteiger partial charge is 0.215 e. The predicted octanol–water partition coefficient (Wildman–Crippen LogP) is 3.97. The first-order chi connectivity index (χ1) is 11.9. The van der Waals surface area contributed by atoms with Crippen LogP contribution in [0, 0.1) is 12.3 Å². The van der Waals surface area contributed by atoms with Gasteiger partial charge in [0.2, 0.25) is 14.8 Å². The Bertz CT molecular complexity index is 745. The highest BCUT2D eigenvalue weighted by molar-refractivity contribution is 7.92. The van der Waals surface area contributed by atoms with Gasteiger partial charge in [0.1, 0.15) is 5.78 Å². The van der Waals surface area contributed by atoms with Crippen molar-refractivity contribution in [3.05, 3.63) is 29.8 Å². The van der Waals surface area contributed by atoms with E-state index < -0.39 is 14.8 Å². The Hall–Kier alpha value is -1.27. The number of hydrogen-bond acceptors (Lipinski definition) is 4. The SMILES string of the molecule is Cc1cccc(S(=O)(=O)C2(F)CCC(NCC(=O)CC(C)(C)C)CC2)c1. The van der Waals surface area contributed by atoms with Crippen molar-refractivity contribution < 1.29 is 17.6 Å². The first-order valence-corrected chi connectivity index (χ1v) is 10.7. The summed E-state index contributed by atoms with van der Waals surface area (Å²) in [7, 11) is -4.02. The number of aryl methyl sites for hydroxylation is 1. The number of halogens is 1. The monoisotopic (exact) mass is 383 g/mol. The van der Waals surface area contributed by atoms with E-state index in [1.807, 2.05) is 20.8 Å². The molecule has 1 aliphatic carbocycles. The number of sulfone groups is 1. The number of benzene rings is 1. The highest BCUT2D eigenvalue weighted by atomic mass is 32.2. The minimum atomic E-state index is -4.02. The van der Waals surface area contributed by atoms with Gasteiger partial charge in [-0.15, -0.1) is 0 Å². The Balaban J connectivity index is 1.95. The molecule has 0 bridgehead atoms. The second-order valence-corrected chi connectivity index (χ2v) is 10.8. The Morgan fingerprint density at radius 3 is 2.42 bits per heavy atom. The van der Waals surface area contributed by atoms with E-state index >= 15 is 4.39 Å². The molecule has 26 heavy (non-hydrogen) atoms. The number of alkyl halides is 1. The van der Waals surface area contributed by atoms with Crippen molar-refractivity contribution in [2.24, 2.45) is 5.41 Å². The van der Waals surface area contributed by atoms with E-state index in [2.05, 4.69) is 5.32 Å². The van der Waals surface area contributed by atoms with Crippen LogP contribution in [-0.4, -0.2) is 31.8 Å². The molecule has 1 N–H and O–H groups in total. The number of hydrogen-bond donors (Lipinski definition) is 1. The van der Waals surface area contributed by atoms with Gasteiger partial charge in [-0.3, -0.25) is 4.79 Å². The summed E-state index contributed by atoms with van der Waals surface area (Å²) in [6.07, 6.45) is 1.21. The number of rotatable bonds is 6. The molecule has 1 aromatic carbocycles. The Kier molecular flexibility index (Phi) is 6.28. The number of Topliss-reactive ketones (excluding diaryl/α,β-unsaturated/α-hetero) is 1. The van der Waals surface area contributed by atoms with Crippen molar-refractivity contribution in [1.29, 1.82) is 0 Å². The molecule has 1 fully saturated rings. The Labute approximate surface area is 156 Å². The molecule has 0 saturated heterocycles. The quantitative estimate of drug-likeness (QED) is 0.807. The molecule has 146 valence electrons. The molecule has 2 rings (SSSR count). The molecule has 0 spiro atoms. The molecule has 0 unspecified atom stereocenters. The van der Waals surface area contributed by atoms with E-state index in [0.717, 1.165) is 5.56 Å². The van der Waals surface area contributed by atoms with Crippen LogP contribution in [0.2, 0.25) is 0 Å². The molecule has 0 aliphatic heterocycles. The van der Waals surface area contributed by atoms with Crippen molar-refractivity contribution in [3.8, 4) is 0 Å². The van der Waals surface area contributed by atoms with Crippen LogP contribution >= 0.6 is 0 Å². The van der Waals surface area contributed by atoms with Crippen molar-refractivity contribution in [3.63, 3.8) is 0 Å². The van der Waals surface area contributed by atoms with Crippen molar-refractivity contribution in [2.75, 3.05) is 6.54 Å². The van der Waals surface area contributed by atoms with Crippen LogP contribution < -0.4 is 5.32 Å². The van der Waals surface area contributed by atoms with Crippen LogP contribution in [0.15, 0.2) is 29.2 Å². The molecule has 1 saturated carbocycles. The highest BCUT2D eigenvalue weighted by Crippen LogP contribution is 2.40. The van der Waals surface area contributed by atoms with Gasteiger partial charge in [0.15, 0.2) is 0 Å². The molecule has 6 heteroatoms. The second-order valence-electron chi connectivity index (χ2n) is 8.63. The molecule has 1 aliphatic rings. The van der Waals surface area contributed by atoms with E-state index in [1.54, 1.807) is 19.1 Å². The molecule has 4 nitrogen and oxygen atoms in total. The van der Waals surface area contributed by atoms with Crippen LogP contribution in [0.4, 0.5) is 4.39 Å². The maximum Gasteiger partial charge on any atom is 0.215 e. The lowest BCUT2D eigenvalue weighted by molar-refractivity contribution is -0.120. The zero-order valence-electron chi connectivity index (χ0n) is 16.1. The third-order valence-electron chi connectivity index (χ3n) is 4.83. The van der Waals surface area contributed by atoms with E-state index in [4.69, 9.17) is 0 Å². The maximum absolute atomic E-state index is 15.3. The fraction of sp³-hybridized carbons (Fsp3) is 0.650. The molecule has 0 aromatic heterocycles. The molecule has 1 aromatic rings. The average Bonchev–Trinajstić information content (AvgIpc) is 2.52. The topological polar surface area (TPSA) is 63.2 Å². The molecule has 0 heterocycles. The molecular weight excluding hydrogens is 353 g/mol. The molecule has 0 amide bonds. The lowest BCUT2D eigenvalue weighted by Crippen LogP contribution is -2.44. The van der Waals surface area contributed by atoms with Crippen LogP contribution in [0.5, 0.6) is 0 Å². The zero-order chi connectivity index (χ0) is 19.6. The minimum absolute atomic E-state index is 0.0181. The third-order valence-corrected chi connectivity index (χ3v) is 7.08. The van der Waals surface area contributed by atoms with Gasteiger partial charge in [0, 0.05) is 12.5 Å². The lowest BCUT2D eigenvalue weighted by Gasteiger charge is -2.34. The van der Waals surface area contributed by atoms with Gasteiger partial charge in [-0.05, 0) is 55.7 Å². The zero-order valence-corrected chi connectivity index (χ0v) is 17.0. The lowest BCUT2D eigenvalue weighted by atomic mass is 9.89. The first-order valence-electron chi connectivity index (χ1n) is 9.18. The van der Waals surface area contributed by atoms with Crippen LogP contribution in [0.3, 0.4) is 0 Å². The highest BCUT2D eigenvalue weighted by Gasteiger charge is 2.47. The summed E-state index contributed by atoms with van der Waals surface area (Å²) < 4.78 is 40.8. The van der Waals surface area contributed by atoms with E-state index in [0.29, 0.717) is 19.3 Å². The number of nitrogens with one attached hydrogen (secondary N) is 1. The third kappa shape index (κ3) is 5.13. The number of carbonyl (C=O) groups excluding carboxylic acids is 1. The summed E-state index contributed by atoms with van der Waals surface area (Å²) in [5, 5.41) is 0.943. The first kappa shape index (κ1) is 21.0. The molecule has 0 radical (unpaired) electrons. The van der Waals surface area contributed by atoms with Gasteiger partial charge in [0.05, 0.1) is 11.4 Å². The van der Waals surface area contributed by atoms with Gasteiger partial charge >= 0.3 is 0 Å². The summed E-state index contributed by atoms with van der Waals surface area (Å²) in [5.41, 5.74) is 0.740. The van der Waals surface area contributed by atoms with Crippen molar-refractivity contribution in [2.45, 2.75) is 75.7 Å². The standard InChI is InChI=1S/C20H30FNO3S/c1-15-6-5-7-18(12-15)26(24,25)20(21)10-8-16(9-11-20)22-14-17(23)13-19(2,3)4/h5-7,12,16,22H,8-11,13-14H2,1-4H3. The summed E-state index contributed by atoms with van der Waals surface area (Å²) >= 11 is 0. The van der Waals surface area contributed by atoms with Gasteiger partial charge in [0.25, 0.3) is 0 Å². The van der Waals surface area contributed by atoms with Gasteiger partial charge in [-0.2, -0.15) is 0 Å². The van der Waals surface area contributed by atoms with Gasteiger partial charge < -0.3 is 5.32 Å². The van der Waals surface area contributed by atoms with Crippen molar-refractivity contribution >= 4 is 15.6 Å². The fourth-order valence-electron chi connectivity index (χ4n) is 3.43. The second kappa shape index (κ2) is 7.77. The molecular formula is C20H30FNO3S. The summed E-state index contributed by atoms with van der Waals surface area (Å²) in [6.45, 7) is 8.09. The van der Waals surface area contributed by atoms with E-state index in [1.165, 1.54) is 12.1 Å². The Morgan fingerprint density at radius 1 is 1.27 bits per heavy atom. The Morgan fingerprint density at radius 2 is 1.88 bits per heavy atom. The van der Waals surface area contributed by atoms with E-state index in [-0.39, 0.29) is 41.5 Å². The fourth-order valence-corrected chi connectivity index (χ4v) is 5.22. The number of carbonyl (C=O) groups is 1. The van der Waals surface area contributed by atoms with E-state index in [9.17, 15) is 13.2 Å². The predicted molar refractivity (Wildman–Crippen MR) is 102 cm³/mol. The number of ketones is 1. The van der Waals surface area contributed by atoms with Crippen molar-refractivity contribution in [1.82, 2.24) is 5.32 Å². The summed E-state index contributed by atoms with van der Waals surface area (Å²) in [6, 6.07) is 6.39. The van der Waals surface area contributed by atoms with Gasteiger partial charge in [-0.1, -0.05) is 32.9 Å². The average molecular weight is 384 g/mol. The normalized spacial score (nSPS) is 24.4. The largest absolute Gasteiger partial charge is 0.307 e. The maximum atomic E-state index is 15.3. The summed E-state index contributed by atoms with van der Waals surface area (Å²) in [5.74, 6) is 0.127. The summed E-state index contributed by atoms with van der Waals surface area (Å²) in [4.78, 5) is 12.0.